The van der Waals surface area contributed by atoms with Gasteiger partial charge in [0.1, 0.15) is 5.75 Å². The minimum absolute atomic E-state index is 0.270. The summed E-state index contributed by atoms with van der Waals surface area (Å²) in [7, 11) is 0. The molecule has 6 nitrogen and oxygen atoms in total. The van der Waals surface area contributed by atoms with Crippen molar-refractivity contribution in [3.8, 4) is 5.75 Å². The molecule has 0 spiro atoms. The summed E-state index contributed by atoms with van der Waals surface area (Å²) in [5.74, 6) is 0.228. The number of allylic oxidation sites excluding steroid dienone is 1. The van der Waals surface area contributed by atoms with Crippen molar-refractivity contribution < 1.29 is 19.1 Å². The largest absolute Gasteiger partial charge is 0.493 e. The highest BCUT2D eigenvalue weighted by Gasteiger charge is 2.33. The maximum atomic E-state index is 12.4. The molecule has 1 unspecified atom stereocenters. The predicted octanol–water partition coefficient (Wildman–Crippen LogP) is 3.84. The Hall–Kier alpha value is -2.50. The van der Waals surface area contributed by atoms with Crippen LogP contribution in [0.25, 0.3) is 0 Å². The molecule has 142 valence electrons. The molecule has 2 amide bonds. The van der Waals surface area contributed by atoms with Crippen LogP contribution in [-0.2, 0) is 9.53 Å². The molecule has 0 aliphatic carbocycles. The second-order valence-electron chi connectivity index (χ2n) is 6.24. The van der Waals surface area contributed by atoms with Gasteiger partial charge in [0, 0.05) is 11.3 Å². The second kappa shape index (κ2) is 9.85. The molecule has 0 fully saturated rings. The van der Waals surface area contributed by atoms with Crippen LogP contribution in [0.4, 0.5) is 4.79 Å². The van der Waals surface area contributed by atoms with Crippen LogP contribution in [0.2, 0.25) is 0 Å². The first-order valence-electron chi connectivity index (χ1n) is 9.25. The van der Waals surface area contributed by atoms with E-state index in [0.29, 0.717) is 23.6 Å². The summed E-state index contributed by atoms with van der Waals surface area (Å²) in [5, 5.41) is 5.46. The number of carbonyl (C=O) groups is 2. The smallest absolute Gasteiger partial charge is 0.338 e. The van der Waals surface area contributed by atoms with Gasteiger partial charge in [0.05, 0.1) is 24.8 Å². The first-order valence-corrected chi connectivity index (χ1v) is 9.25. The highest BCUT2D eigenvalue weighted by Crippen LogP contribution is 2.33. The topological polar surface area (TPSA) is 76.7 Å². The summed E-state index contributed by atoms with van der Waals surface area (Å²) in [4.78, 5) is 24.4. The van der Waals surface area contributed by atoms with Gasteiger partial charge in [0.25, 0.3) is 0 Å². The molecule has 1 heterocycles. The molecule has 1 aromatic carbocycles. The van der Waals surface area contributed by atoms with E-state index in [1.54, 1.807) is 13.8 Å². The molecule has 1 aromatic rings. The number of unbranched alkanes of at least 4 members (excludes halogenated alkanes) is 3. The lowest BCUT2D eigenvalue weighted by molar-refractivity contribution is -0.139. The summed E-state index contributed by atoms with van der Waals surface area (Å²) in [5.41, 5.74) is 1.64. The lowest BCUT2D eigenvalue weighted by Crippen LogP contribution is -2.45. The molecule has 1 atom stereocenters. The van der Waals surface area contributed by atoms with E-state index in [2.05, 4.69) is 17.6 Å². The quantitative estimate of drug-likeness (QED) is 0.518. The molecular formula is C20H28N2O4. The van der Waals surface area contributed by atoms with Crippen molar-refractivity contribution in [3.05, 3.63) is 41.1 Å². The van der Waals surface area contributed by atoms with E-state index >= 15 is 0 Å². The second-order valence-corrected chi connectivity index (χ2v) is 6.24. The van der Waals surface area contributed by atoms with Gasteiger partial charge in [0.15, 0.2) is 0 Å². The summed E-state index contributed by atoms with van der Waals surface area (Å²) in [6.07, 6.45) is 4.45. The van der Waals surface area contributed by atoms with Crippen molar-refractivity contribution in [3.63, 3.8) is 0 Å². The van der Waals surface area contributed by atoms with Crippen LogP contribution in [0.5, 0.6) is 5.75 Å². The van der Waals surface area contributed by atoms with Crippen molar-refractivity contribution >= 4 is 12.0 Å². The maximum Gasteiger partial charge on any atom is 0.338 e. The SMILES string of the molecule is CCCCCCOc1ccccc1C1NC(=O)NC(C)=C1C(=O)OCC. The van der Waals surface area contributed by atoms with Crippen LogP contribution in [-0.4, -0.2) is 25.2 Å². The van der Waals surface area contributed by atoms with E-state index in [0.717, 1.165) is 18.4 Å². The Morgan fingerprint density at radius 2 is 1.92 bits per heavy atom. The number of hydrogen-bond donors (Lipinski definition) is 2. The normalized spacial score (nSPS) is 16.7. The third-order valence-electron chi connectivity index (χ3n) is 4.25. The average molecular weight is 360 g/mol. The number of urea groups is 1. The maximum absolute atomic E-state index is 12.4. The Bertz CT molecular complexity index is 670. The molecule has 1 aliphatic heterocycles. The van der Waals surface area contributed by atoms with Gasteiger partial charge in [-0.15, -0.1) is 0 Å². The molecule has 26 heavy (non-hydrogen) atoms. The molecule has 0 saturated carbocycles. The van der Waals surface area contributed by atoms with Gasteiger partial charge < -0.3 is 20.1 Å². The first-order chi connectivity index (χ1) is 12.6. The number of carbonyl (C=O) groups excluding carboxylic acids is 2. The van der Waals surface area contributed by atoms with Gasteiger partial charge in [-0.3, -0.25) is 0 Å². The van der Waals surface area contributed by atoms with Crippen LogP contribution in [0.15, 0.2) is 35.5 Å². The number of nitrogens with one attached hydrogen (secondary N) is 2. The minimum atomic E-state index is -0.602. The fourth-order valence-corrected chi connectivity index (χ4v) is 2.97. The number of ether oxygens (including phenoxy) is 2. The molecule has 2 rings (SSSR count). The Morgan fingerprint density at radius 1 is 1.15 bits per heavy atom. The lowest BCUT2D eigenvalue weighted by atomic mass is 9.95. The van der Waals surface area contributed by atoms with Gasteiger partial charge in [-0.25, -0.2) is 9.59 Å². The summed E-state index contributed by atoms with van der Waals surface area (Å²) >= 11 is 0. The van der Waals surface area contributed by atoms with Crippen molar-refractivity contribution in [2.45, 2.75) is 52.5 Å². The van der Waals surface area contributed by atoms with Gasteiger partial charge >= 0.3 is 12.0 Å². The zero-order valence-electron chi connectivity index (χ0n) is 15.8. The third kappa shape index (κ3) is 5.00. The Morgan fingerprint density at radius 3 is 2.65 bits per heavy atom. The van der Waals surface area contributed by atoms with E-state index < -0.39 is 12.0 Å². The van der Waals surface area contributed by atoms with E-state index in [1.165, 1.54) is 12.8 Å². The summed E-state index contributed by atoms with van der Waals surface area (Å²) < 4.78 is 11.1. The van der Waals surface area contributed by atoms with Crippen molar-refractivity contribution in [1.29, 1.82) is 0 Å². The highest BCUT2D eigenvalue weighted by molar-refractivity contribution is 5.95. The molecular weight excluding hydrogens is 332 g/mol. The van der Waals surface area contributed by atoms with Gasteiger partial charge in [-0.2, -0.15) is 0 Å². The zero-order chi connectivity index (χ0) is 18.9. The Labute approximate surface area is 154 Å². The Kier molecular flexibility index (Phi) is 7.51. The number of hydrogen-bond acceptors (Lipinski definition) is 4. The average Bonchev–Trinajstić information content (AvgIpc) is 2.61. The van der Waals surface area contributed by atoms with E-state index in [-0.39, 0.29) is 12.6 Å². The van der Waals surface area contributed by atoms with Gasteiger partial charge in [-0.05, 0) is 26.3 Å². The fraction of sp³-hybridized carbons (Fsp3) is 0.500. The monoisotopic (exact) mass is 360 g/mol. The molecule has 0 aromatic heterocycles. The molecule has 2 N–H and O–H groups in total. The standard InChI is InChI=1S/C20H28N2O4/c1-4-6-7-10-13-26-16-12-9-8-11-15(16)18-17(19(23)25-5-2)14(3)21-20(24)22-18/h8-9,11-12,18H,4-7,10,13H2,1-3H3,(H2,21,22,24). The van der Waals surface area contributed by atoms with Crippen molar-refractivity contribution in [1.82, 2.24) is 10.6 Å². The van der Waals surface area contributed by atoms with E-state index in [4.69, 9.17) is 9.47 Å². The van der Waals surface area contributed by atoms with Gasteiger partial charge in [-0.1, -0.05) is 44.4 Å². The van der Waals surface area contributed by atoms with Crippen LogP contribution >= 0.6 is 0 Å². The number of esters is 1. The lowest BCUT2D eigenvalue weighted by Gasteiger charge is -2.29. The first kappa shape index (κ1) is 19.8. The minimum Gasteiger partial charge on any atom is -0.493 e. The number of benzene rings is 1. The Balaban J connectivity index is 2.25. The highest BCUT2D eigenvalue weighted by atomic mass is 16.5. The molecule has 1 aliphatic rings. The number of amides is 2. The molecule has 6 heteroatoms. The van der Waals surface area contributed by atoms with Crippen LogP contribution in [0.3, 0.4) is 0 Å². The van der Waals surface area contributed by atoms with E-state index in [9.17, 15) is 9.59 Å². The van der Waals surface area contributed by atoms with Crippen LogP contribution in [0.1, 0.15) is 58.1 Å². The van der Waals surface area contributed by atoms with Gasteiger partial charge in [0.2, 0.25) is 0 Å². The van der Waals surface area contributed by atoms with Crippen molar-refractivity contribution in [2.75, 3.05) is 13.2 Å². The number of para-hydroxylation sites is 1. The van der Waals surface area contributed by atoms with E-state index in [1.807, 2.05) is 24.3 Å². The third-order valence-corrected chi connectivity index (χ3v) is 4.25. The van der Waals surface area contributed by atoms with Crippen molar-refractivity contribution in [2.24, 2.45) is 0 Å². The molecule has 0 radical (unpaired) electrons. The van der Waals surface area contributed by atoms with Crippen LogP contribution < -0.4 is 15.4 Å². The predicted molar refractivity (Wildman–Crippen MR) is 99.8 cm³/mol. The fourth-order valence-electron chi connectivity index (χ4n) is 2.97. The summed E-state index contributed by atoms with van der Waals surface area (Å²) in [6, 6.07) is 6.53. The summed E-state index contributed by atoms with van der Waals surface area (Å²) in [6.45, 7) is 6.50. The molecule has 0 bridgehead atoms. The number of rotatable bonds is 9. The van der Waals surface area contributed by atoms with Crippen LogP contribution in [0, 0.1) is 0 Å². The molecule has 0 saturated heterocycles. The zero-order valence-corrected chi connectivity index (χ0v) is 15.8.